The van der Waals surface area contributed by atoms with Crippen molar-refractivity contribution in [2.75, 3.05) is 6.79 Å². The molecule has 2 heteroatoms. The third-order valence-corrected chi connectivity index (χ3v) is 4.00. The minimum absolute atomic E-state index is 0.00169. The van der Waals surface area contributed by atoms with Crippen LogP contribution in [0.1, 0.15) is 34.5 Å². The van der Waals surface area contributed by atoms with E-state index in [0.717, 1.165) is 0 Å². The van der Waals surface area contributed by atoms with Crippen molar-refractivity contribution in [1.29, 1.82) is 0 Å². The zero-order valence-corrected chi connectivity index (χ0v) is 11.6. The van der Waals surface area contributed by atoms with Gasteiger partial charge in [-0.1, -0.05) is 72.8 Å². The van der Waals surface area contributed by atoms with Crippen molar-refractivity contribution in [2.24, 2.45) is 0 Å². The lowest BCUT2D eigenvalue weighted by Gasteiger charge is -2.16. The standard InChI is InChI=1S/C19H16O2/c1-3-7-16-14(5-1)9-11-18(16)20-13-21-19-12-10-15-6-2-4-8-17(15)19/h1-12,18-19H,13H2. The van der Waals surface area contributed by atoms with Crippen LogP contribution in [0.25, 0.3) is 12.2 Å². The zero-order valence-electron chi connectivity index (χ0n) is 11.6. The smallest absolute Gasteiger partial charge is 0.149 e. The molecule has 2 atom stereocenters. The molecule has 104 valence electrons. The summed E-state index contributed by atoms with van der Waals surface area (Å²) in [5.74, 6) is 0. The predicted molar refractivity (Wildman–Crippen MR) is 83.5 cm³/mol. The Hall–Kier alpha value is -2.16. The van der Waals surface area contributed by atoms with Gasteiger partial charge in [-0.2, -0.15) is 0 Å². The van der Waals surface area contributed by atoms with Gasteiger partial charge in [-0.25, -0.2) is 0 Å². The van der Waals surface area contributed by atoms with Gasteiger partial charge in [0.2, 0.25) is 0 Å². The molecule has 0 fully saturated rings. The van der Waals surface area contributed by atoms with Crippen molar-refractivity contribution in [3.63, 3.8) is 0 Å². The number of fused-ring (bicyclic) bond motifs is 2. The van der Waals surface area contributed by atoms with Gasteiger partial charge in [0.05, 0.1) is 0 Å². The van der Waals surface area contributed by atoms with Crippen LogP contribution in [-0.4, -0.2) is 6.79 Å². The van der Waals surface area contributed by atoms with Crippen LogP contribution in [-0.2, 0) is 9.47 Å². The van der Waals surface area contributed by atoms with E-state index in [4.69, 9.17) is 9.47 Å². The summed E-state index contributed by atoms with van der Waals surface area (Å²) in [6.45, 7) is 0.284. The van der Waals surface area contributed by atoms with Gasteiger partial charge in [0, 0.05) is 0 Å². The van der Waals surface area contributed by atoms with E-state index in [2.05, 4.69) is 48.6 Å². The fraction of sp³-hybridized carbons (Fsp3) is 0.158. The quantitative estimate of drug-likeness (QED) is 0.765. The summed E-state index contributed by atoms with van der Waals surface area (Å²) in [4.78, 5) is 0. The van der Waals surface area contributed by atoms with Gasteiger partial charge in [-0.3, -0.25) is 0 Å². The van der Waals surface area contributed by atoms with Gasteiger partial charge in [-0.05, 0) is 22.3 Å². The van der Waals surface area contributed by atoms with Crippen molar-refractivity contribution in [3.8, 4) is 0 Å². The second-order valence-corrected chi connectivity index (χ2v) is 5.27. The Morgan fingerprint density at radius 1 is 0.667 bits per heavy atom. The molecule has 0 saturated heterocycles. The highest BCUT2D eigenvalue weighted by Crippen LogP contribution is 2.33. The molecule has 0 radical (unpaired) electrons. The third-order valence-electron chi connectivity index (χ3n) is 4.00. The number of hydrogen-bond donors (Lipinski definition) is 0. The molecular weight excluding hydrogens is 260 g/mol. The molecule has 0 aliphatic heterocycles. The number of ether oxygens (including phenoxy) is 2. The molecule has 2 unspecified atom stereocenters. The largest absolute Gasteiger partial charge is 0.343 e. The van der Waals surface area contributed by atoms with Crippen LogP contribution in [0.2, 0.25) is 0 Å². The van der Waals surface area contributed by atoms with Gasteiger partial charge in [0.1, 0.15) is 19.0 Å². The van der Waals surface area contributed by atoms with Crippen molar-refractivity contribution in [3.05, 3.63) is 82.9 Å². The molecule has 0 spiro atoms. The topological polar surface area (TPSA) is 18.5 Å². The van der Waals surface area contributed by atoms with E-state index in [1.54, 1.807) is 0 Å². The summed E-state index contributed by atoms with van der Waals surface area (Å²) in [7, 11) is 0. The van der Waals surface area contributed by atoms with E-state index in [1.807, 2.05) is 24.3 Å². The predicted octanol–water partition coefficient (Wildman–Crippen LogP) is 4.51. The van der Waals surface area contributed by atoms with Crippen molar-refractivity contribution < 1.29 is 9.47 Å². The fourth-order valence-electron chi connectivity index (χ4n) is 2.91. The highest BCUT2D eigenvalue weighted by Gasteiger charge is 2.20. The minimum atomic E-state index is 0.00169. The van der Waals surface area contributed by atoms with Crippen molar-refractivity contribution >= 4 is 12.2 Å². The van der Waals surface area contributed by atoms with Gasteiger partial charge >= 0.3 is 0 Å². The van der Waals surface area contributed by atoms with E-state index < -0.39 is 0 Å². The highest BCUT2D eigenvalue weighted by molar-refractivity contribution is 5.62. The molecule has 0 N–H and O–H groups in total. The van der Waals surface area contributed by atoms with Gasteiger partial charge in [0.15, 0.2) is 0 Å². The summed E-state index contributed by atoms with van der Waals surface area (Å²) >= 11 is 0. The molecule has 2 aromatic rings. The van der Waals surface area contributed by atoms with Gasteiger partial charge in [-0.15, -0.1) is 0 Å². The second kappa shape index (κ2) is 5.32. The Labute approximate surface area is 124 Å². The van der Waals surface area contributed by atoms with Crippen molar-refractivity contribution in [2.45, 2.75) is 12.2 Å². The molecule has 0 bridgehead atoms. The lowest BCUT2D eigenvalue weighted by Crippen LogP contribution is -2.07. The molecule has 0 saturated carbocycles. The first-order chi connectivity index (χ1) is 10.4. The Bertz CT molecular complexity index is 654. The van der Waals surface area contributed by atoms with Crippen LogP contribution in [0.3, 0.4) is 0 Å². The summed E-state index contributed by atoms with van der Waals surface area (Å²) in [5, 5.41) is 0. The molecule has 2 aliphatic rings. The Balaban J connectivity index is 1.38. The van der Waals surface area contributed by atoms with E-state index in [1.165, 1.54) is 22.3 Å². The molecule has 0 aromatic heterocycles. The maximum Gasteiger partial charge on any atom is 0.149 e. The number of hydrogen-bond acceptors (Lipinski definition) is 2. The van der Waals surface area contributed by atoms with Gasteiger partial charge < -0.3 is 9.47 Å². The average molecular weight is 276 g/mol. The summed E-state index contributed by atoms with van der Waals surface area (Å²) in [6, 6.07) is 16.6. The first-order valence-electron chi connectivity index (χ1n) is 7.19. The molecule has 0 amide bonds. The first kappa shape index (κ1) is 12.6. The number of rotatable bonds is 4. The second-order valence-electron chi connectivity index (χ2n) is 5.27. The first-order valence-corrected chi connectivity index (χ1v) is 7.19. The molecule has 4 rings (SSSR count). The fourth-order valence-corrected chi connectivity index (χ4v) is 2.91. The number of benzene rings is 2. The molecular formula is C19H16O2. The highest BCUT2D eigenvalue weighted by atomic mass is 16.7. The average Bonchev–Trinajstić information content (AvgIpc) is 3.13. The lowest BCUT2D eigenvalue weighted by molar-refractivity contribution is -0.0955. The van der Waals surface area contributed by atoms with Crippen LogP contribution in [0.4, 0.5) is 0 Å². The van der Waals surface area contributed by atoms with Crippen LogP contribution in [0.5, 0.6) is 0 Å². The van der Waals surface area contributed by atoms with Gasteiger partial charge in [0.25, 0.3) is 0 Å². The summed E-state index contributed by atoms with van der Waals surface area (Å²) < 4.78 is 11.7. The van der Waals surface area contributed by atoms with Crippen LogP contribution in [0, 0.1) is 0 Å². The molecule has 21 heavy (non-hydrogen) atoms. The van der Waals surface area contributed by atoms with Crippen LogP contribution >= 0.6 is 0 Å². The summed E-state index contributed by atoms with van der Waals surface area (Å²) in [6.07, 6.45) is 8.36. The van der Waals surface area contributed by atoms with Crippen molar-refractivity contribution in [1.82, 2.24) is 0 Å². The van der Waals surface area contributed by atoms with E-state index in [0.29, 0.717) is 0 Å². The van der Waals surface area contributed by atoms with E-state index >= 15 is 0 Å². The van der Waals surface area contributed by atoms with Crippen LogP contribution in [0.15, 0.2) is 60.7 Å². The molecule has 2 aromatic carbocycles. The van der Waals surface area contributed by atoms with Crippen LogP contribution < -0.4 is 0 Å². The Kier molecular flexibility index (Phi) is 3.18. The maximum atomic E-state index is 5.86. The Morgan fingerprint density at radius 2 is 1.14 bits per heavy atom. The summed E-state index contributed by atoms with van der Waals surface area (Å²) in [5.41, 5.74) is 4.88. The monoisotopic (exact) mass is 276 g/mol. The third kappa shape index (κ3) is 2.33. The SMILES string of the molecule is C1=CC(OCOC2C=Cc3ccccc32)c2ccccc21. The van der Waals surface area contributed by atoms with E-state index in [-0.39, 0.29) is 19.0 Å². The maximum absolute atomic E-state index is 5.86. The Morgan fingerprint density at radius 3 is 1.67 bits per heavy atom. The lowest BCUT2D eigenvalue weighted by atomic mass is 10.1. The minimum Gasteiger partial charge on any atom is -0.343 e. The molecule has 0 heterocycles. The normalized spacial score (nSPS) is 21.5. The molecule has 2 nitrogen and oxygen atoms in total. The van der Waals surface area contributed by atoms with E-state index in [9.17, 15) is 0 Å². The zero-order chi connectivity index (χ0) is 14.1. The molecule has 2 aliphatic carbocycles.